The molecule has 0 aromatic heterocycles. The van der Waals surface area contributed by atoms with Crippen molar-refractivity contribution in [2.24, 2.45) is 17.8 Å². The highest BCUT2D eigenvalue weighted by molar-refractivity contribution is 5.77. The van der Waals surface area contributed by atoms with Crippen molar-refractivity contribution in [2.45, 2.75) is 51.0 Å². The van der Waals surface area contributed by atoms with Gasteiger partial charge in [0.15, 0.2) is 0 Å². The number of nitrogens with one attached hydrogen (secondary N) is 1. The summed E-state index contributed by atoms with van der Waals surface area (Å²) in [7, 11) is 1.98. The molecule has 0 aromatic carbocycles. The van der Waals surface area contributed by atoms with Crippen LogP contribution in [0.1, 0.15) is 44.9 Å². The third kappa shape index (κ3) is 2.29. The van der Waals surface area contributed by atoms with Crippen LogP contribution in [0.15, 0.2) is 0 Å². The Morgan fingerprint density at radius 2 is 2.17 bits per heavy atom. The Bertz CT molecular complexity index is 318. The normalized spacial score (nSPS) is 38.6. The number of nitrogens with zero attached hydrogens (tertiary/aromatic N) is 1. The standard InChI is InChI=1S/C15H26N2O/c1-16-10-14-3-2-6-17(14)15(18)9-13-8-11-4-5-12(13)7-11/h11-14,16H,2-10H2,1H3. The Hall–Kier alpha value is -0.570. The van der Waals surface area contributed by atoms with Crippen molar-refractivity contribution in [3.05, 3.63) is 0 Å². The molecule has 3 fully saturated rings. The first kappa shape index (κ1) is 12.5. The van der Waals surface area contributed by atoms with Crippen molar-refractivity contribution < 1.29 is 4.79 Å². The molecular weight excluding hydrogens is 224 g/mol. The minimum atomic E-state index is 0.435. The predicted octanol–water partition coefficient (Wildman–Crippen LogP) is 2.02. The lowest BCUT2D eigenvalue weighted by Crippen LogP contribution is -2.41. The lowest BCUT2D eigenvalue weighted by atomic mass is 9.86. The van der Waals surface area contributed by atoms with E-state index in [9.17, 15) is 4.79 Å². The molecule has 1 N–H and O–H groups in total. The fraction of sp³-hybridized carbons (Fsp3) is 0.933. The summed E-state index contributed by atoms with van der Waals surface area (Å²) in [5.74, 6) is 2.99. The van der Waals surface area contributed by atoms with Gasteiger partial charge in [0.25, 0.3) is 0 Å². The van der Waals surface area contributed by atoms with Gasteiger partial charge in [-0.3, -0.25) is 4.79 Å². The number of fused-ring (bicyclic) bond motifs is 2. The summed E-state index contributed by atoms with van der Waals surface area (Å²) in [6.45, 7) is 1.95. The largest absolute Gasteiger partial charge is 0.338 e. The maximum absolute atomic E-state index is 12.5. The van der Waals surface area contributed by atoms with Crippen LogP contribution in [-0.4, -0.2) is 37.0 Å². The second-order valence-corrected chi connectivity index (χ2v) is 6.58. The SMILES string of the molecule is CNCC1CCCN1C(=O)CC1CC2CCC1C2. The third-order valence-corrected chi connectivity index (χ3v) is 5.46. The molecule has 1 saturated heterocycles. The third-order valence-electron chi connectivity index (χ3n) is 5.46. The van der Waals surface area contributed by atoms with E-state index in [0.29, 0.717) is 17.9 Å². The van der Waals surface area contributed by atoms with Gasteiger partial charge in [0.1, 0.15) is 0 Å². The van der Waals surface area contributed by atoms with Crippen molar-refractivity contribution in [3.8, 4) is 0 Å². The first-order valence-electron chi connectivity index (χ1n) is 7.72. The topological polar surface area (TPSA) is 32.3 Å². The zero-order chi connectivity index (χ0) is 12.5. The van der Waals surface area contributed by atoms with Crippen LogP contribution in [0.25, 0.3) is 0 Å². The molecule has 4 unspecified atom stereocenters. The highest BCUT2D eigenvalue weighted by atomic mass is 16.2. The van der Waals surface area contributed by atoms with Gasteiger partial charge in [-0.1, -0.05) is 6.42 Å². The van der Waals surface area contributed by atoms with Crippen LogP contribution in [0, 0.1) is 17.8 Å². The second-order valence-electron chi connectivity index (χ2n) is 6.58. The lowest BCUT2D eigenvalue weighted by Gasteiger charge is -2.28. The van der Waals surface area contributed by atoms with E-state index in [1.165, 1.54) is 38.5 Å². The molecule has 0 radical (unpaired) electrons. The van der Waals surface area contributed by atoms with E-state index in [2.05, 4.69) is 10.2 Å². The zero-order valence-corrected chi connectivity index (χ0v) is 11.5. The maximum atomic E-state index is 12.5. The van der Waals surface area contributed by atoms with Crippen molar-refractivity contribution in [2.75, 3.05) is 20.1 Å². The molecule has 0 aromatic rings. The number of carbonyl (C=O) groups excluding carboxylic acids is 1. The number of hydrogen-bond donors (Lipinski definition) is 1. The first-order chi connectivity index (χ1) is 8.78. The van der Waals surface area contributed by atoms with Crippen molar-refractivity contribution in [1.29, 1.82) is 0 Å². The van der Waals surface area contributed by atoms with Crippen LogP contribution in [0.2, 0.25) is 0 Å². The van der Waals surface area contributed by atoms with Gasteiger partial charge in [-0.15, -0.1) is 0 Å². The van der Waals surface area contributed by atoms with Gasteiger partial charge in [0.2, 0.25) is 5.91 Å². The monoisotopic (exact) mass is 250 g/mol. The number of likely N-dealkylation sites (tertiary alicyclic amines) is 1. The summed E-state index contributed by atoms with van der Waals surface area (Å²) in [6, 6.07) is 0.459. The molecule has 1 heterocycles. The molecule has 3 aliphatic rings. The van der Waals surface area contributed by atoms with E-state index >= 15 is 0 Å². The van der Waals surface area contributed by atoms with Gasteiger partial charge in [-0.2, -0.15) is 0 Å². The zero-order valence-electron chi connectivity index (χ0n) is 11.5. The van der Waals surface area contributed by atoms with Gasteiger partial charge >= 0.3 is 0 Å². The molecule has 2 aliphatic carbocycles. The fourth-order valence-corrected chi connectivity index (χ4v) is 4.58. The fourth-order valence-electron chi connectivity index (χ4n) is 4.58. The molecule has 3 heteroatoms. The number of carbonyl (C=O) groups is 1. The Morgan fingerprint density at radius 3 is 2.83 bits per heavy atom. The summed E-state index contributed by atoms with van der Waals surface area (Å²) in [4.78, 5) is 14.6. The van der Waals surface area contributed by atoms with Crippen LogP contribution >= 0.6 is 0 Å². The predicted molar refractivity (Wildman–Crippen MR) is 72.2 cm³/mol. The lowest BCUT2D eigenvalue weighted by molar-refractivity contribution is -0.133. The smallest absolute Gasteiger partial charge is 0.223 e. The van der Waals surface area contributed by atoms with E-state index in [1.807, 2.05) is 7.05 Å². The Kier molecular flexibility index (Phi) is 3.60. The van der Waals surface area contributed by atoms with Crippen LogP contribution in [0.3, 0.4) is 0 Å². The van der Waals surface area contributed by atoms with E-state index in [-0.39, 0.29) is 0 Å². The van der Waals surface area contributed by atoms with Crippen LogP contribution in [0.5, 0.6) is 0 Å². The molecule has 102 valence electrons. The van der Waals surface area contributed by atoms with Gasteiger partial charge < -0.3 is 10.2 Å². The molecule has 4 atom stereocenters. The summed E-state index contributed by atoms with van der Waals surface area (Å²) in [5.41, 5.74) is 0. The number of hydrogen-bond acceptors (Lipinski definition) is 2. The van der Waals surface area contributed by atoms with Crippen LogP contribution in [-0.2, 0) is 4.79 Å². The quantitative estimate of drug-likeness (QED) is 0.828. The molecular formula is C15H26N2O. The Balaban J connectivity index is 1.54. The van der Waals surface area contributed by atoms with E-state index < -0.39 is 0 Å². The first-order valence-corrected chi connectivity index (χ1v) is 7.72. The minimum absolute atomic E-state index is 0.435. The molecule has 1 amide bonds. The molecule has 3 nitrogen and oxygen atoms in total. The maximum Gasteiger partial charge on any atom is 0.223 e. The average Bonchev–Trinajstić information content (AvgIpc) is 3.04. The van der Waals surface area contributed by atoms with Gasteiger partial charge in [-0.05, 0) is 56.9 Å². The number of amides is 1. The minimum Gasteiger partial charge on any atom is -0.338 e. The Morgan fingerprint density at radius 1 is 1.28 bits per heavy atom. The highest BCUT2D eigenvalue weighted by Crippen LogP contribution is 2.49. The number of rotatable bonds is 4. The van der Waals surface area contributed by atoms with Gasteiger partial charge in [-0.25, -0.2) is 0 Å². The molecule has 3 rings (SSSR count). The molecule has 18 heavy (non-hydrogen) atoms. The molecule has 0 spiro atoms. The highest BCUT2D eigenvalue weighted by Gasteiger charge is 2.41. The van der Waals surface area contributed by atoms with E-state index in [1.54, 1.807) is 0 Å². The van der Waals surface area contributed by atoms with Crippen molar-refractivity contribution in [1.82, 2.24) is 10.2 Å². The Labute approximate surface area is 110 Å². The van der Waals surface area contributed by atoms with E-state index in [0.717, 1.165) is 31.3 Å². The van der Waals surface area contributed by atoms with Crippen molar-refractivity contribution >= 4 is 5.91 Å². The molecule has 2 bridgehead atoms. The summed E-state index contributed by atoms with van der Waals surface area (Å²) in [5, 5.41) is 3.22. The average molecular weight is 250 g/mol. The summed E-state index contributed by atoms with van der Waals surface area (Å²) in [6.07, 6.45) is 8.78. The summed E-state index contributed by atoms with van der Waals surface area (Å²) < 4.78 is 0. The van der Waals surface area contributed by atoms with Gasteiger partial charge in [0.05, 0.1) is 0 Å². The van der Waals surface area contributed by atoms with Gasteiger partial charge in [0, 0.05) is 25.6 Å². The summed E-state index contributed by atoms with van der Waals surface area (Å²) >= 11 is 0. The van der Waals surface area contributed by atoms with Crippen molar-refractivity contribution in [3.63, 3.8) is 0 Å². The van der Waals surface area contributed by atoms with Crippen LogP contribution in [0.4, 0.5) is 0 Å². The van der Waals surface area contributed by atoms with Crippen LogP contribution < -0.4 is 5.32 Å². The number of likely N-dealkylation sites (N-methyl/N-ethyl adjacent to an activating group) is 1. The second kappa shape index (κ2) is 5.20. The van der Waals surface area contributed by atoms with E-state index in [4.69, 9.17) is 0 Å². The molecule has 2 saturated carbocycles. The molecule has 1 aliphatic heterocycles.